The van der Waals surface area contributed by atoms with E-state index in [1.54, 1.807) is 0 Å². The van der Waals surface area contributed by atoms with Gasteiger partial charge in [-0.2, -0.15) is 0 Å². The van der Waals surface area contributed by atoms with Crippen molar-refractivity contribution in [3.63, 3.8) is 0 Å². The van der Waals surface area contributed by atoms with Gasteiger partial charge in [0.1, 0.15) is 6.04 Å². The molecule has 2 N–H and O–H groups in total. The van der Waals surface area contributed by atoms with E-state index >= 15 is 0 Å². The monoisotopic (exact) mass is 457 g/mol. The zero-order valence-corrected chi connectivity index (χ0v) is 18.9. The Kier molecular flexibility index (Phi) is 6.92. The number of nitrogens with one attached hydrogen (secondary N) is 1. The summed E-state index contributed by atoms with van der Waals surface area (Å²) in [7, 11) is 0. The van der Waals surface area contributed by atoms with Crippen molar-refractivity contribution in [2.24, 2.45) is 0 Å². The number of rotatable bonds is 8. The summed E-state index contributed by atoms with van der Waals surface area (Å²) in [5.74, 6) is -1.71. The lowest BCUT2D eigenvalue weighted by atomic mass is 10.0. The molecule has 7 nitrogen and oxygen atoms in total. The molecule has 3 aromatic carbocycles. The van der Waals surface area contributed by atoms with Crippen LogP contribution < -0.4 is 5.32 Å². The number of amides is 3. The normalized spacial score (nSPS) is 18.6. The molecule has 34 heavy (non-hydrogen) atoms. The molecule has 7 heteroatoms. The third kappa shape index (κ3) is 4.93. The molecule has 1 aliphatic heterocycles. The van der Waals surface area contributed by atoms with E-state index in [1.807, 2.05) is 97.9 Å². The van der Waals surface area contributed by atoms with E-state index in [4.69, 9.17) is 0 Å². The molecule has 1 aliphatic rings. The molecule has 1 fully saturated rings. The standard InChI is InChI=1S/C27H27N3O4/c1-19(22-15-9-4-10-16-22)28-25(31)23-24(26(32)33)30(18-21-13-7-3-8-14-21)27(34)29(23)17-20-11-5-2-6-12-20/h2-16,19,23-24H,17-18H2,1H3,(H,28,31)(H,32,33)/t19-,23+,24-/m1/s1. The minimum Gasteiger partial charge on any atom is -0.480 e. The predicted octanol–water partition coefficient (Wildman–Crippen LogP) is 3.82. The number of carbonyl (C=O) groups is 3. The number of aliphatic carboxylic acids is 1. The van der Waals surface area contributed by atoms with Crippen molar-refractivity contribution in [2.75, 3.05) is 0 Å². The average molecular weight is 458 g/mol. The van der Waals surface area contributed by atoms with Crippen molar-refractivity contribution in [3.8, 4) is 0 Å². The van der Waals surface area contributed by atoms with Crippen molar-refractivity contribution in [2.45, 2.75) is 38.1 Å². The maximum absolute atomic E-state index is 13.5. The molecule has 4 rings (SSSR count). The minimum atomic E-state index is -1.32. The molecule has 174 valence electrons. The van der Waals surface area contributed by atoms with Crippen LogP contribution in [0, 0.1) is 0 Å². The highest BCUT2D eigenvalue weighted by molar-refractivity contribution is 5.98. The van der Waals surface area contributed by atoms with Gasteiger partial charge >= 0.3 is 12.0 Å². The van der Waals surface area contributed by atoms with E-state index in [0.29, 0.717) is 0 Å². The van der Waals surface area contributed by atoms with Crippen LogP contribution in [0.1, 0.15) is 29.7 Å². The Morgan fingerprint density at radius 2 is 1.24 bits per heavy atom. The first-order valence-electron chi connectivity index (χ1n) is 11.2. The second-order valence-electron chi connectivity index (χ2n) is 8.38. The molecular formula is C27H27N3O4. The summed E-state index contributed by atoms with van der Waals surface area (Å²) in [6, 6.07) is 24.5. The molecule has 0 saturated carbocycles. The summed E-state index contributed by atoms with van der Waals surface area (Å²) >= 11 is 0. The van der Waals surface area contributed by atoms with Crippen molar-refractivity contribution in [3.05, 3.63) is 108 Å². The Morgan fingerprint density at radius 1 is 0.794 bits per heavy atom. The van der Waals surface area contributed by atoms with Crippen molar-refractivity contribution in [1.82, 2.24) is 15.1 Å². The number of nitrogens with zero attached hydrogens (tertiary/aromatic N) is 2. The summed E-state index contributed by atoms with van der Waals surface area (Å²) in [4.78, 5) is 42.1. The van der Waals surface area contributed by atoms with Crippen LogP contribution in [0.3, 0.4) is 0 Å². The molecule has 3 amide bonds. The first-order chi connectivity index (χ1) is 16.5. The van der Waals surface area contributed by atoms with Crippen LogP contribution >= 0.6 is 0 Å². The summed E-state index contributed by atoms with van der Waals surface area (Å²) in [6.07, 6.45) is 0. The van der Waals surface area contributed by atoms with Crippen molar-refractivity contribution >= 4 is 17.9 Å². The smallest absolute Gasteiger partial charge is 0.329 e. The van der Waals surface area contributed by atoms with Gasteiger partial charge in [-0.1, -0.05) is 91.0 Å². The van der Waals surface area contributed by atoms with Gasteiger partial charge in [-0.25, -0.2) is 9.59 Å². The molecule has 1 heterocycles. The van der Waals surface area contributed by atoms with Gasteiger partial charge in [0, 0.05) is 13.1 Å². The lowest BCUT2D eigenvalue weighted by Crippen LogP contribution is -2.52. The number of benzene rings is 3. The number of hydrogen-bond donors (Lipinski definition) is 2. The van der Waals surface area contributed by atoms with E-state index in [-0.39, 0.29) is 19.1 Å². The van der Waals surface area contributed by atoms with E-state index in [2.05, 4.69) is 5.32 Å². The second kappa shape index (κ2) is 10.2. The van der Waals surface area contributed by atoms with Gasteiger partial charge in [-0.15, -0.1) is 0 Å². The summed E-state index contributed by atoms with van der Waals surface area (Å²) in [5, 5.41) is 13.1. The summed E-state index contributed by atoms with van der Waals surface area (Å²) in [6.45, 7) is 2.07. The van der Waals surface area contributed by atoms with Crippen molar-refractivity contribution in [1.29, 1.82) is 0 Å². The lowest BCUT2D eigenvalue weighted by Gasteiger charge is -2.26. The predicted molar refractivity (Wildman–Crippen MR) is 128 cm³/mol. The molecule has 0 bridgehead atoms. The van der Waals surface area contributed by atoms with E-state index in [9.17, 15) is 19.5 Å². The fraction of sp³-hybridized carbons (Fsp3) is 0.222. The summed E-state index contributed by atoms with van der Waals surface area (Å²) in [5.41, 5.74) is 2.50. The second-order valence-corrected chi connectivity index (χ2v) is 8.38. The minimum absolute atomic E-state index is 0.0972. The molecule has 0 radical (unpaired) electrons. The third-order valence-corrected chi connectivity index (χ3v) is 6.03. The first kappa shape index (κ1) is 23.0. The average Bonchev–Trinajstić information content (AvgIpc) is 3.12. The highest BCUT2D eigenvalue weighted by Gasteiger charge is 2.53. The topological polar surface area (TPSA) is 90.0 Å². The zero-order valence-electron chi connectivity index (χ0n) is 18.9. The molecule has 0 aromatic heterocycles. The fourth-order valence-electron chi connectivity index (χ4n) is 4.31. The Morgan fingerprint density at radius 3 is 1.71 bits per heavy atom. The number of hydrogen-bond acceptors (Lipinski definition) is 3. The zero-order chi connectivity index (χ0) is 24.1. The lowest BCUT2D eigenvalue weighted by molar-refractivity contribution is -0.145. The third-order valence-electron chi connectivity index (χ3n) is 6.03. The molecule has 3 aromatic rings. The van der Waals surface area contributed by atoms with Crippen molar-refractivity contribution < 1.29 is 19.5 Å². The number of urea groups is 1. The van der Waals surface area contributed by atoms with Crippen LogP contribution in [0.15, 0.2) is 91.0 Å². The van der Waals surface area contributed by atoms with Crippen LogP contribution in [0.4, 0.5) is 4.79 Å². The molecule has 0 aliphatic carbocycles. The molecule has 1 saturated heterocycles. The number of carboxylic acids is 1. The number of carbonyl (C=O) groups excluding carboxylic acids is 2. The van der Waals surface area contributed by atoms with Gasteiger partial charge in [-0.3, -0.25) is 4.79 Å². The van der Waals surface area contributed by atoms with E-state index < -0.39 is 30.0 Å². The van der Waals surface area contributed by atoms with Gasteiger partial charge in [0.2, 0.25) is 5.91 Å². The SMILES string of the molecule is C[C@@H](NC(=O)[C@@H]1[C@H](C(=O)O)N(Cc2ccccc2)C(=O)N1Cc1ccccc1)c1ccccc1. The Hall–Kier alpha value is -4.13. The van der Waals surface area contributed by atoms with Gasteiger partial charge in [0.15, 0.2) is 6.04 Å². The van der Waals surface area contributed by atoms with Crippen LogP contribution in [-0.2, 0) is 22.7 Å². The highest BCUT2D eigenvalue weighted by atomic mass is 16.4. The summed E-state index contributed by atoms with van der Waals surface area (Å²) < 4.78 is 0. The van der Waals surface area contributed by atoms with Crippen LogP contribution in [0.2, 0.25) is 0 Å². The van der Waals surface area contributed by atoms with Gasteiger partial charge in [-0.05, 0) is 23.6 Å². The van der Waals surface area contributed by atoms with Crippen LogP contribution in [0.5, 0.6) is 0 Å². The fourth-order valence-corrected chi connectivity index (χ4v) is 4.31. The molecule has 3 atom stereocenters. The van der Waals surface area contributed by atoms with Gasteiger partial charge < -0.3 is 20.2 Å². The maximum Gasteiger partial charge on any atom is 0.329 e. The Bertz CT molecular complexity index is 1140. The maximum atomic E-state index is 13.5. The van der Waals surface area contributed by atoms with E-state index in [0.717, 1.165) is 16.7 Å². The van der Waals surface area contributed by atoms with Crippen LogP contribution in [-0.4, -0.2) is 44.9 Å². The molecule has 0 spiro atoms. The Balaban J connectivity index is 1.66. The molecular weight excluding hydrogens is 430 g/mol. The quantitative estimate of drug-likeness (QED) is 0.538. The van der Waals surface area contributed by atoms with Gasteiger partial charge in [0.05, 0.1) is 6.04 Å². The van der Waals surface area contributed by atoms with Crippen LogP contribution in [0.25, 0.3) is 0 Å². The highest BCUT2D eigenvalue weighted by Crippen LogP contribution is 2.28. The molecule has 0 unspecified atom stereocenters. The number of carboxylic acid groups (broad SMARTS) is 1. The largest absolute Gasteiger partial charge is 0.480 e. The van der Waals surface area contributed by atoms with E-state index in [1.165, 1.54) is 9.80 Å². The van der Waals surface area contributed by atoms with Gasteiger partial charge in [0.25, 0.3) is 0 Å². The Labute approximate surface area is 198 Å². The first-order valence-corrected chi connectivity index (χ1v) is 11.2.